The number of carboxylic acids is 1. The molecular weight excluding hydrogens is 289 g/mol. The molecule has 1 unspecified atom stereocenters. The average Bonchev–Trinajstić information content (AvgIpc) is 2.36. The Morgan fingerprint density at radius 1 is 1.32 bits per heavy atom. The van der Waals surface area contributed by atoms with Gasteiger partial charge in [0.2, 0.25) is 0 Å². The van der Waals surface area contributed by atoms with E-state index in [4.69, 9.17) is 4.74 Å². The summed E-state index contributed by atoms with van der Waals surface area (Å²) in [4.78, 5) is 23.7. The second kappa shape index (κ2) is 5.59. The van der Waals surface area contributed by atoms with Crippen LogP contribution in [0.2, 0.25) is 0 Å². The Kier molecular flexibility index (Phi) is 4.13. The number of hydrogen-bond acceptors (Lipinski definition) is 3. The fourth-order valence-electron chi connectivity index (χ4n) is 2.60. The molecule has 5 nitrogen and oxygen atoms in total. The molecule has 2 rings (SSSR count). The molecule has 0 radical (unpaired) electrons. The van der Waals surface area contributed by atoms with Gasteiger partial charge in [0, 0.05) is 6.42 Å². The van der Waals surface area contributed by atoms with Gasteiger partial charge in [-0.1, -0.05) is 6.07 Å². The first kappa shape index (κ1) is 16.3. The topological polar surface area (TPSA) is 75.6 Å². The van der Waals surface area contributed by atoms with Gasteiger partial charge < -0.3 is 15.2 Å². The lowest BCUT2D eigenvalue weighted by Gasteiger charge is -2.35. The predicted molar refractivity (Wildman–Crippen MR) is 78.2 cm³/mol. The highest BCUT2D eigenvalue weighted by atomic mass is 19.1. The highest BCUT2D eigenvalue weighted by Gasteiger charge is 2.43. The minimum absolute atomic E-state index is 0.108. The van der Waals surface area contributed by atoms with E-state index in [9.17, 15) is 19.1 Å². The molecule has 2 N–H and O–H groups in total. The van der Waals surface area contributed by atoms with Gasteiger partial charge in [0.25, 0.3) is 0 Å². The van der Waals surface area contributed by atoms with Crippen LogP contribution in [0.25, 0.3) is 0 Å². The SMILES string of the molecule is CC(C)(C)OC(=O)NC1(C(=O)O)CCc2cc(F)ccc2C1. The van der Waals surface area contributed by atoms with Gasteiger partial charge in [-0.15, -0.1) is 0 Å². The lowest BCUT2D eigenvalue weighted by atomic mass is 9.78. The molecule has 0 aliphatic heterocycles. The van der Waals surface area contributed by atoms with Crippen LogP contribution in [-0.2, 0) is 22.4 Å². The quantitative estimate of drug-likeness (QED) is 0.880. The normalized spacial score (nSPS) is 20.9. The number of aliphatic carboxylic acids is 1. The predicted octanol–water partition coefficient (Wildman–Crippen LogP) is 2.66. The van der Waals surface area contributed by atoms with Crippen molar-refractivity contribution < 1.29 is 23.8 Å². The van der Waals surface area contributed by atoms with Crippen molar-refractivity contribution in [3.63, 3.8) is 0 Å². The summed E-state index contributed by atoms with van der Waals surface area (Å²) in [6.45, 7) is 5.12. The van der Waals surface area contributed by atoms with E-state index in [0.29, 0.717) is 6.42 Å². The largest absolute Gasteiger partial charge is 0.479 e. The minimum atomic E-state index is -1.42. The molecule has 6 heteroatoms. The Morgan fingerprint density at radius 3 is 2.59 bits per heavy atom. The zero-order valence-corrected chi connectivity index (χ0v) is 12.9. The molecule has 1 amide bonds. The Balaban J connectivity index is 2.23. The van der Waals surface area contributed by atoms with Crippen molar-refractivity contribution in [2.24, 2.45) is 0 Å². The second-order valence-electron chi connectivity index (χ2n) is 6.60. The maximum Gasteiger partial charge on any atom is 0.408 e. The zero-order valence-electron chi connectivity index (χ0n) is 12.9. The molecule has 120 valence electrons. The summed E-state index contributed by atoms with van der Waals surface area (Å²) in [5.74, 6) is -1.46. The maximum atomic E-state index is 13.2. The third-order valence-corrected chi connectivity index (χ3v) is 3.63. The number of alkyl carbamates (subject to hydrolysis) is 1. The highest BCUT2D eigenvalue weighted by Crippen LogP contribution is 2.30. The van der Waals surface area contributed by atoms with E-state index in [1.165, 1.54) is 12.1 Å². The molecule has 1 aliphatic rings. The van der Waals surface area contributed by atoms with Crippen molar-refractivity contribution in [1.82, 2.24) is 5.32 Å². The molecular formula is C16H20FNO4. The molecule has 1 aromatic carbocycles. The number of amides is 1. The van der Waals surface area contributed by atoms with Gasteiger partial charge in [-0.25, -0.2) is 14.0 Å². The Hall–Kier alpha value is -2.11. The van der Waals surface area contributed by atoms with Crippen LogP contribution in [-0.4, -0.2) is 28.3 Å². The third-order valence-electron chi connectivity index (χ3n) is 3.63. The number of ether oxygens (including phenoxy) is 1. The van der Waals surface area contributed by atoms with Crippen LogP contribution in [0.5, 0.6) is 0 Å². The fraction of sp³-hybridized carbons (Fsp3) is 0.500. The van der Waals surface area contributed by atoms with Gasteiger partial charge >= 0.3 is 12.1 Å². The van der Waals surface area contributed by atoms with Gasteiger partial charge in [0.1, 0.15) is 17.0 Å². The molecule has 1 aromatic rings. The summed E-state index contributed by atoms with van der Waals surface area (Å²) < 4.78 is 18.4. The van der Waals surface area contributed by atoms with Gasteiger partial charge in [-0.05, 0) is 56.9 Å². The van der Waals surface area contributed by atoms with E-state index in [1.807, 2.05) is 0 Å². The lowest BCUT2D eigenvalue weighted by Crippen LogP contribution is -2.58. The number of carbonyl (C=O) groups excluding carboxylic acids is 1. The zero-order chi connectivity index (χ0) is 16.5. The number of rotatable bonds is 2. The number of benzene rings is 1. The summed E-state index contributed by atoms with van der Waals surface area (Å²) in [7, 11) is 0. The van der Waals surface area contributed by atoms with E-state index in [0.717, 1.165) is 11.1 Å². The smallest absolute Gasteiger partial charge is 0.408 e. The number of fused-ring (bicyclic) bond motifs is 1. The molecule has 0 bridgehead atoms. The van der Waals surface area contributed by atoms with Crippen LogP contribution < -0.4 is 5.32 Å². The molecule has 0 heterocycles. The molecule has 0 fully saturated rings. The standard InChI is InChI=1S/C16H20FNO4/c1-15(2,3)22-14(21)18-16(13(19)20)7-6-10-8-12(17)5-4-11(10)9-16/h4-5,8H,6-7,9H2,1-3H3,(H,18,21)(H,19,20). The van der Waals surface area contributed by atoms with Crippen molar-refractivity contribution >= 4 is 12.1 Å². The summed E-state index contributed by atoms with van der Waals surface area (Å²) in [5.41, 5.74) is -0.624. The van der Waals surface area contributed by atoms with Crippen LogP contribution in [0.15, 0.2) is 18.2 Å². The molecule has 22 heavy (non-hydrogen) atoms. The van der Waals surface area contributed by atoms with Gasteiger partial charge in [0.05, 0.1) is 0 Å². The van der Waals surface area contributed by atoms with Crippen LogP contribution >= 0.6 is 0 Å². The van der Waals surface area contributed by atoms with Crippen molar-refractivity contribution in [3.8, 4) is 0 Å². The molecule has 0 saturated heterocycles. The number of carboxylic acid groups (broad SMARTS) is 1. The van der Waals surface area contributed by atoms with Crippen LogP contribution in [0.1, 0.15) is 38.3 Å². The first-order valence-corrected chi connectivity index (χ1v) is 7.13. The van der Waals surface area contributed by atoms with E-state index in [2.05, 4.69) is 5.32 Å². The van der Waals surface area contributed by atoms with Crippen molar-refractivity contribution in [1.29, 1.82) is 0 Å². The number of carbonyl (C=O) groups is 2. The summed E-state index contributed by atoms with van der Waals surface area (Å²) in [6, 6.07) is 4.27. The summed E-state index contributed by atoms with van der Waals surface area (Å²) in [5, 5.41) is 12.1. The third kappa shape index (κ3) is 3.55. The van der Waals surface area contributed by atoms with Gasteiger partial charge in [-0.2, -0.15) is 0 Å². The molecule has 0 saturated carbocycles. The average molecular weight is 309 g/mol. The first-order valence-electron chi connectivity index (χ1n) is 7.13. The molecule has 1 aliphatic carbocycles. The van der Waals surface area contributed by atoms with Crippen molar-refractivity contribution in [2.45, 2.75) is 51.2 Å². The number of nitrogens with one attached hydrogen (secondary N) is 1. The summed E-state index contributed by atoms with van der Waals surface area (Å²) in [6.07, 6.45) is -0.0785. The Bertz CT molecular complexity index is 609. The van der Waals surface area contributed by atoms with E-state index in [-0.39, 0.29) is 18.7 Å². The fourth-order valence-corrected chi connectivity index (χ4v) is 2.60. The Morgan fingerprint density at radius 2 is 2.00 bits per heavy atom. The van der Waals surface area contributed by atoms with Crippen molar-refractivity contribution in [3.05, 3.63) is 35.1 Å². The van der Waals surface area contributed by atoms with E-state index >= 15 is 0 Å². The van der Waals surface area contributed by atoms with Gasteiger partial charge in [0.15, 0.2) is 0 Å². The lowest BCUT2D eigenvalue weighted by molar-refractivity contribution is -0.145. The molecule has 0 spiro atoms. The first-order chi connectivity index (χ1) is 10.1. The van der Waals surface area contributed by atoms with E-state index in [1.54, 1.807) is 26.8 Å². The molecule has 1 atom stereocenters. The minimum Gasteiger partial charge on any atom is -0.479 e. The molecule has 0 aromatic heterocycles. The number of halogens is 1. The highest BCUT2D eigenvalue weighted by molar-refractivity contribution is 5.85. The van der Waals surface area contributed by atoms with Crippen LogP contribution in [0.3, 0.4) is 0 Å². The summed E-state index contributed by atoms with van der Waals surface area (Å²) >= 11 is 0. The number of hydrogen-bond donors (Lipinski definition) is 2. The van der Waals surface area contributed by atoms with Crippen LogP contribution in [0.4, 0.5) is 9.18 Å². The Labute approximate surface area is 128 Å². The monoisotopic (exact) mass is 309 g/mol. The second-order valence-corrected chi connectivity index (χ2v) is 6.60. The van der Waals surface area contributed by atoms with Gasteiger partial charge in [-0.3, -0.25) is 0 Å². The number of aryl methyl sites for hydroxylation is 1. The van der Waals surface area contributed by atoms with E-state index < -0.39 is 23.2 Å². The van der Waals surface area contributed by atoms with Crippen molar-refractivity contribution in [2.75, 3.05) is 0 Å². The van der Waals surface area contributed by atoms with Crippen LogP contribution in [0, 0.1) is 5.82 Å². The maximum absolute atomic E-state index is 13.2.